The third kappa shape index (κ3) is 9.77. The number of methoxy groups -OCH3 is 1. The zero-order valence-electron chi connectivity index (χ0n) is 29.2. The van der Waals surface area contributed by atoms with E-state index < -0.39 is 23.0 Å². The second kappa shape index (κ2) is 18.0. The van der Waals surface area contributed by atoms with Gasteiger partial charge in [-0.3, -0.25) is 14.4 Å². The Kier molecular flexibility index (Phi) is 13.0. The van der Waals surface area contributed by atoms with Gasteiger partial charge >= 0.3 is 5.97 Å². The van der Waals surface area contributed by atoms with E-state index in [1.807, 2.05) is 62.5 Å². The molecule has 0 fully saturated rings. The summed E-state index contributed by atoms with van der Waals surface area (Å²) in [5.41, 5.74) is 4.55. The van der Waals surface area contributed by atoms with Gasteiger partial charge in [0.05, 0.1) is 19.0 Å². The quantitative estimate of drug-likeness (QED) is 0.0592. The van der Waals surface area contributed by atoms with Crippen LogP contribution in [0.1, 0.15) is 52.1 Å². The number of hydrogen-bond donors (Lipinski definition) is 3. The lowest BCUT2D eigenvalue weighted by Crippen LogP contribution is -2.30. The fourth-order valence-corrected chi connectivity index (χ4v) is 7.13. The minimum Gasteiger partial charge on any atom is -0.494 e. The molecular weight excluding hydrogens is 695 g/mol. The molecule has 1 heterocycles. The third-order valence-corrected chi connectivity index (χ3v) is 10.1. The molecule has 3 N–H and O–H groups in total. The van der Waals surface area contributed by atoms with Crippen LogP contribution in [0, 0.1) is 6.92 Å². The molecule has 0 aliphatic heterocycles. The van der Waals surface area contributed by atoms with Crippen molar-refractivity contribution < 1.29 is 28.7 Å². The fraction of sp³-hybridized carbons (Fsp3) is 0.171. The van der Waals surface area contributed by atoms with E-state index in [0.717, 1.165) is 16.0 Å². The fourth-order valence-electron chi connectivity index (χ4n) is 5.16. The number of thiophene rings is 1. The lowest BCUT2D eigenvalue weighted by Gasteiger charge is -2.16. The lowest BCUT2D eigenvalue weighted by molar-refractivity contribution is -0.116. The predicted octanol–water partition coefficient (Wildman–Crippen LogP) is 8.83. The average molecular weight is 734 g/mol. The molecule has 4 aromatic carbocycles. The summed E-state index contributed by atoms with van der Waals surface area (Å²) in [7, 11) is 1.32. The Morgan fingerprint density at radius 1 is 0.865 bits per heavy atom. The molecule has 0 saturated heterocycles. The highest BCUT2D eigenvalue weighted by Crippen LogP contribution is 2.37. The molecule has 0 saturated carbocycles. The number of carbonyl (C=O) groups is 4. The number of hydrogen-bond acceptors (Lipinski definition) is 8. The summed E-state index contributed by atoms with van der Waals surface area (Å²) >= 11 is 2.60. The van der Waals surface area contributed by atoms with E-state index in [-0.39, 0.29) is 11.6 Å². The maximum absolute atomic E-state index is 13.7. The number of rotatable bonds is 14. The van der Waals surface area contributed by atoms with Gasteiger partial charge in [-0.2, -0.15) is 0 Å². The number of anilines is 2. The summed E-state index contributed by atoms with van der Waals surface area (Å²) in [6.45, 7) is 6.32. The molecule has 3 amide bonds. The highest BCUT2D eigenvalue weighted by atomic mass is 32.2. The van der Waals surface area contributed by atoms with Gasteiger partial charge in [0.15, 0.2) is 0 Å². The van der Waals surface area contributed by atoms with Gasteiger partial charge in [0.2, 0.25) is 5.91 Å². The normalized spacial score (nSPS) is 11.7. The van der Waals surface area contributed by atoms with Crippen LogP contribution >= 0.6 is 23.1 Å². The van der Waals surface area contributed by atoms with Crippen LogP contribution in [0.4, 0.5) is 10.7 Å². The van der Waals surface area contributed by atoms with Crippen LogP contribution < -0.4 is 20.7 Å². The Morgan fingerprint density at radius 2 is 1.60 bits per heavy atom. The van der Waals surface area contributed by atoms with Crippen LogP contribution in [-0.2, 0) is 14.3 Å². The van der Waals surface area contributed by atoms with Gasteiger partial charge in [0.1, 0.15) is 22.0 Å². The highest BCUT2D eigenvalue weighted by molar-refractivity contribution is 8.00. The van der Waals surface area contributed by atoms with Crippen LogP contribution in [0.15, 0.2) is 119 Å². The minimum absolute atomic E-state index is 0.0456. The molecule has 1 atom stereocenters. The van der Waals surface area contributed by atoms with Crippen LogP contribution in [-0.4, -0.2) is 42.7 Å². The van der Waals surface area contributed by atoms with Gasteiger partial charge in [-0.15, -0.1) is 23.1 Å². The predicted molar refractivity (Wildman–Crippen MR) is 209 cm³/mol. The Labute approximate surface area is 311 Å². The van der Waals surface area contributed by atoms with Crippen molar-refractivity contribution in [1.29, 1.82) is 0 Å². The highest BCUT2D eigenvalue weighted by Gasteiger charge is 2.25. The van der Waals surface area contributed by atoms with Crippen molar-refractivity contribution in [3.05, 3.63) is 136 Å². The molecule has 11 heteroatoms. The molecule has 266 valence electrons. The Hall–Kier alpha value is -5.65. The molecule has 0 aliphatic rings. The number of benzene rings is 4. The van der Waals surface area contributed by atoms with Gasteiger partial charge in [-0.05, 0) is 79.9 Å². The van der Waals surface area contributed by atoms with Crippen molar-refractivity contribution in [2.45, 2.75) is 37.3 Å². The van der Waals surface area contributed by atoms with Crippen molar-refractivity contribution in [1.82, 2.24) is 5.32 Å². The SMILES string of the molecule is CCOc1ccc(/C=C(/NC(=O)c2ccccc2)C(=O)Nc2cccc(SC(CC)C(=O)Nc3scc(-c4ccc(C)cc4)c3C(=O)OC)c2)cc1. The number of nitrogens with one attached hydrogen (secondary N) is 3. The van der Waals surface area contributed by atoms with Gasteiger partial charge in [0, 0.05) is 27.1 Å². The molecule has 0 radical (unpaired) electrons. The van der Waals surface area contributed by atoms with E-state index in [1.165, 1.54) is 30.2 Å². The Morgan fingerprint density at radius 3 is 2.27 bits per heavy atom. The molecule has 52 heavy (non-hydrogen) atoms. The molecule has 5 rings (SSSR count). The summed E-state index contributed by atoms with van der Waals surface area (Å²) in [5, 5.41) is 10.3. The van der Waals surface area contributed by atoms with Crippen LogP contribution in [0.3, 0.4) is 0 Å². The molecular formula is C41H39N3O6S2. The lowest BCUT2D eigenvalue weighted by atomic mass is 10.0. The maximum Gasteiger partial charge on any atom is 0.341 e. The third-order valence-electron chi connectivity index (χ3n) is 7.84. The molecule has 1 unspecified atom stereocenters. The van der Waals surface area contributed by atoms with Crippen molar-refractivity contribution in [3.63, 3.8) is 0 Å². The second-order valence-corrected chi connectivity index (χ2v) is 13.7. The maximum atomic E-state index is 13.7. The number of aryl methyl sites for hydroxylation is 1. The van der Waals surface area contributed by atoms with Crippen molar-refractivity contribution in [3.8, 4) is 16.9 Å². The number of ether oxygens (including phenoxy) is 2. The summed E-state index contributed by atoms with van der Waals surface area (Å²) in [6.07, 6.45) is 2.09. The monoisotopic (exact) mass is 733 g/mol. The summed E-state index contributed by atoms with van der Waals surface area (Å²) < 4.78 is 10.6. The topological polar surface area (TPSA) is 123 Å². The Bertz CT molecular complexity index is 2060. The standard InChI is InChI=1S/C41H39N3O6S2/c1-5-35(39(47)44-40-36(41(48)49-4)33(25-51-40)28-19-15-26(3)16-20-28)52-32-14-10-13-30(24-32)42-38(46)34(43-37(45)29-11-8-7-9-12-29)23-27-17-21-31(22-18-27)50-6-2/h7-25,35H,5-6H2,1-4H3,(H,42,46)(H,43,45)(H,44,47)/b34-23+. The first-order chi connectivity index (χ1) is 25.2. The molecule has 0 aliphatic carbocycles. The number of esters is 1. The first-order valence-corrected chi connectivity index (χ1v) is 18.4. The van der Waals surface area contributed by atoms with Crippen molar-refractivity contribution >= 4 is 63.6 Å². The first kappa shape index (κ1) is 37.6. The van der Waals surface area contributed by atoms with Crippen LogP contribution in [0.2, 0.25) is 0 Å². The van der Waals surface area contributed by atoms with E-state index in [4.69, 9.17) is 9.47 Å². The van der Waals surface area contributed by atoms with Crippen molar-refractivity contribution in [2.24, 2.45) is 0 Å². The zero-order chi connectivity index (χ0) is 37.0. The number of thioether (sulfide) groups is 1. The Balaban J connectivity index is 1.32. The molecule has 0 bridgehead atoms. The van der Waals surface area contributed by atoms with Gasteiger partial charge in [-0.1, -0.05) is 73.2 Å². The van der Waals surface area contributed by atoms with Crippen molar-refractivity contribution in [2.75, 3.05) is 24.4 Å². The molecule has 1 aromatic heterocycles. The van der Waals surface area contributed by atoms with Gasteiger partial charge in [-0.25, -0.2) is 4.79 Å². The van der Waals surface area contributed by atoms with E-state index in [2.05, 4.69) is 16.0 Å². The van der Waals surface area contributed by atoms with E-state index in [9.17, 15) is 19.2 Å². The van der Waals surface area contributed by atoms with Crippen LogP contribution in [0.5, 0.6) is 5.75 Å². The summed E-state index contributed by atoms with van der Waals surface area (Å²) in [6, 6.07) is 30.8. The first-order valence-electron chi connectivity index (χ1n) is 16.7. The number of carbonyl (C=O) groups excluding carboxylic acids is 4. The zero-order valence-corrected chi connectivity index (χ0v) is 30.9. The molecule has 5 aromatic rings. The second-order valence-electron chi connectivity index (χ2n) is 11.6. The van der Waals surface area contributed by atoms with E-state index >= 15 is 0 Å². The smallest absolute Gasteiger partial charge is 0.341 e. The summed E-state index contributed by atoms with van der Waals surface area (Å²) in [4.78, 5) is 54.0. The van der Waals surface area contributed by atoms with E-state index in [0.29, 0.717) is 51.7 Å². The molecule has 0 spiro atoms. The summed E-state index contributed by atoms with van der Waals surface area (Å²) in [5.74, 6) is -1.07. The molecule has 9 nitrogen and oxygen atoms in total. The van der Waals surface area contributed by atoms with E-state index in [1.54, 1.807) is 72.8 Å². The largest absolute Gasteiger partial charge is 0.494 e. The number of amides is 3. The van der Waals surface area contributed by atoms with Gasteiger partial charge < -0.3 is 25.4 Å². The van der Waals surface area contributed by atoms with Crippen LogP contribution in [0.25, 0.3) is 17.2 Å². The van der Waals surface area contributed by atoms with Gasteiger partial charge in [0.25, 0.3) is 11.8 Å². The minimum atomic E-state index is -0.535. The average Bonchev–Trinajstić information content (AvgIpc) is 3.58.